The summed E-state index contributed by atoms with van der Waals surface area (Å²) in [6.45, 7) is 6.06. The summed E-state index contributed by atoms with van der Waals surface area (Å²) in [5, 5.41) is 3.88. The number of nitrogens with two attached hydrogens (primary N) is 1. The second-order valence-corrected chi connectivity index (χ2v) is 6.52. The van der Waals surface area contributed by atoms with Crippen LogP contribution in [0.1, 0.15) is 38.1 Å². The second-order valence-electron chi connectivity index (χ2n) is 6.52. The molecule has 136 valence electrons. The lowest BCUT2D eigenvalue weighted by atomic mass is 9.92. The predicted octanol–water partition coefficient (Wildman–Crippen LogP) is 3.88. The maximum Gasteiger partial charge on any atom is 0.244 e. The SMILES string of the molecule is CCOc1cccc2cc(C(C)NC(=O)C(C)(N)c3ccccc3)oc12. The summed E-state index contributed by atoms with van der Waals surface area (Å²) >= 11 is 0. The number of hydrogen-bond donors (Lipinski definition) is 2. The average Bonchev–Trinajstić information content (AvgIpc) is 3.08. The van der Waals surface area contributed by atoms with Crippen LogP contribution in [-0.4, -0.2) is 12.5 Å². The predicted molar refractivity (Wildman–Crippen MR) is 102 cm³/mol. The van der Waals surface area contributed by atoms with E-state index in [2.05, 4.69) is 5.32 Å². The number of rotatable bonds is 6. The molecule has 5 nitrogen and oxygen atoms in total. The summed E-state index contributed by atoms with van der Waals surface area (Å²) < 4.78 is 11.6. The molecule has 0 saturated heterocycles. The molecule has 0 fully saturated rings. The fraction of sp³-hybridized carbons (Fsp3) is 0.286. The van der Waals surface area contributed by atoms with Gasteiger partial charge < -0.3 is 20.2 Å². The number of carbonyl (C=O) groups excluding carboxylic acids is 1. The van der Waals surface area contributed by atoms with Crippen LogP contribution in [0.15, 0.2) is 59.0 Å². The van der Waals surface area contributed by atoms with Crippen LogP contribution in [0.2, 0.25) is 0 Å². The van der Waals surface area contributed by atoms with Crippen molar-refractivity contribution in [3.63, 3.8) is 0 Å². The second kappa shape index (κ2) is 7.22. The van der Waals surface area contributed by atoms with Crippen molar-refractivity contribution in [2.75, 3.05) is 6.61 Å². The first-order chi connectivity index (χ1) is 12.4. The molecule has 1 heterocycles. The van der Waals surface area contributed by atoms with Gasteiger partial charge in [0.25, 0.3) is 0 Å². The Labute approximate surface area is 153 Å². The van der Waals surface area contributed by atoms with Crippen LogP contribution in [0.4, 0.5) is 0 Å². The van der Waals surface area contributed by atoms with Gasteiger partial charge in [0, 0.05) is 5.39 Å². The molecule has 0 aliphatic rings. The molecule has 0 bridgehead atoms. The number of furan rings is 1. The fourth-order valence-electron chi connectivity index (χ4n) is 2.87. The Morgan fingerprint density at radius 1 is 1.23 bits per heavy atom. The Hall–Kier alpha value is -2.79. The maximum atomic E-state index is 12.7. The van der Waals surface area contributed by atoms with Gasteiger partial charge in [-0.15, -0.1) is 0 Å². The normalized spacial score (nSPS) is 14.6. The summed E-state index contributed by atoms with van der Waals surface area (Å²) in [7, 11) is 0. The number of benzene rings is 2. The van der Waals surface area contributed by atoms with Gasteiger partial charge in [0.2, 0.25) is 5.91 Å². The van der Waals surface area contributed by atoms with Crippen molar-refractivity contribution < 1.29 is 13.9 Å². The quantitative estimate of drug-likeness (QED) is 0.706. The number of hydrogen-bond acceptors (Lipinski definition) is 4. The van der Waals surface area contributed by atoms with Crippen LogP contribution >= 0.6 is 0 Å². The number of amides is 1. The van der Waals surface area contributed by atoms with Gasteiger partial charge in [-0.05, 0) is 38.5 Å². The lowest BCUT2D eigenvalue weighted by Crippen LogP contribution is -2.49. The molecule has 0 radical (unpaired) electrons. The van der Waals surface area contributed by atoms with E-state index < -0.39 is 5.54 Å². The monoisotopic (exact) mass is 352 g/mol. The van der Waals surface area contributed by atoms with E-state index in [1.165, 1.54) is 0 Å². The van der Waals surface area contributed by atoms with Gasteiger partial charge in [0.1, 0.15) is 11.3 Å². The highest BCUT2D eigenvalue weighted by Gasteiger charge is 2.31. The fourth-order valence-corrected chi connectivity index (χ4v) is 2.87. The van der Waals surface area contributed by atoms with Crippen LogP contribution in [0, 0.1) is 0 Å². The van der Waals surface area contributed by atoms with E-state index >= 15 is 0 Å². The number of fused-ring (bicyclic) bond motifs is 1. The van der Waals surface area contributed by atoms with Crippen LogP contribution in [0.3, 0.4) is 0 Å². The summed E-state index contributed by atoms with van der Waals surface area (Å²) in [6.07, 6.45) is 0. The van der Waals surface area contributed by atoms with E-state index in [0.717, 1.165) is 10.9 Å². The zero-order valence-electron chi connectivity index (χ0n) is 15.3. The van der Waals surface area contributed by atoms with Gasteiger partial charge in [0.15, 0.2) is 11.3 Å². The molecule has 5 heteroatoms. The molecule has 3 N–H and O–H groups in total. The van der Waals surface area contributed by atoms with Gasteiger partial charge in [-0.25, -0.2) is 0 Å². The highest BCUT2D eigenvalue weighted by atomic mass is 16.5. The van der Waals surface area contributed by atoms with Gasteiger partial charge in [0.05, 0.1) is 12.6 Å². The minimum Gasteiger partial charge on any atom is -0.490 e. The van der Waals surface area contributed by atoms with Crippen molar-refractivity contribution in [3.05, 3.63) is 65.9 Å². The third-order valence-electron chi connectivity index (χ3n) is 4.45. The smallest absolute Gasteiger partial charge is 0.244 e. The number of nitrogens with one attached hydrogen (secondary N) is 1. The van der Waals surface area contributed by atoms with Crippen molar-refractivity contribution in [3.8, 4) is 5.75 Å². The van der Waals surface area contributed by atoms with Crippen LogP contribution in [-0.2, 0) is 10.3 Å². The molecular weight excluding hydrogens is 328 g/mol. The van der Waals surface area contributed by atoms with Crippen molar-refractivity contribution in [2.45, 2.75) is 32.4 Å². The molecule has 26 heavy (non-hydrogen) atoms. The highest BCUT2D eigenvalue weighted by Crippen LogP contribution is 2.31. The molecule has 2 unspecified atom stereocenters. The standard InChI is InChI=1S/C21H24N2O3/c1-4-25-17-12-8-9-15-13-18(26-19(15)17)14(2)23-20(24)21(3,22)16-10-6-5-7-11-16/h5-14H,4,22H2,1-3H3,(H,23,24). The molecular formula is C21H24N2O3. The van der Waals surface area contributed by atoms with E-state index in [1.807, 2.05) is 68.4 Å². The van der Waals surface area contributed by atoms with E-state index in [4.69, 9.17) is 14.9 Å². The van der Waals surface area contributed by atoms with Crippen LogP contribution < -0.4 is 15.8 Å². The Balaban J connectivity index is 1.81. The molecule has 1 aromatic heterocycles. The van der Waals surface area contributed by atoms with Crippen molar-refractivity contribution in [1.29, 1.82) is 0 Å². The lowest BCUT2D eigenvalue weighted by molar-refractivity contribution is -0.126. The largest absolute Gasteiger partial charge is 0.490 e. The Morgan fingerprint density at radius 2 is 1.96 bits per heavy atom. The number of para-hydroxylation sites is 1. The average molecular weight is 352 g/mol. The Morgan fingerprint density at radius 3 is 2.65 bits per heavy atom. The van der Waals surface area contributed by atoms with Crippen LogP contribution in [0.25, 0.3) is 11.0 Å². The third kappa shape index (κ3) is 3.44. The Bertz CT molecular complexity index is 900. The number of carbonyl (C=O) groups is 1. The van der Waals surface area contributed by atoms with Crippen molar-refractivity contribution in [2.24, 2.45) is 5.73 Å². The minimum atomic E-state index is -1.13. The van der Waals surface area contributed by atoms with E-state index in [9.17, 15) is 4.79 Å². The molecule has 2 aromatic carbocycles. The van der Waals surface area contributed by atoms with Gasteiger partial charge in [-0.3, -0.25) is 4.79 Å². The van der Waals surface area contributed by atoms with Crippen molar-refractivity contribution >= 4 is 16.9 Å². The number of ether oxygens (including phenoxy) is 1. The maximum absolute atomic E-state index is 12.7. The molecule has 3 aromatic rings. The molecule has 0 aliphatic carbocycles. The molecule has 2 atom stereocenters. The van der Waals surface area contributed by atoms with Crippen LogP contribution in [0.5, 0.6) is 5.75 Å². The topological polar surface area (TPSA) is 77.5 Å². The van der Waals surface area contributed by atoms with Crippen molar-refractivity contribution in [1.82, 2.24) is 5.32 Å². The molecule has 3 rings (SSSR count). The lowest BCUT2D eigenvalue weighted by Gasteiger charge is -2.25. The van der Waals surface area contributed by atoms with Gasteiger partial charge >= 0.3 is 0 Å². The van der Waals surface area contributed by atoms with E-state index in [-0.39, 0.29) is 11.9 Å². The summed E-state index contributed by atoms with van der Waals surface area (Å²) in [5.41, 5.74) is 6.60. The first kappa shape index (κ1) is 18.0. The van der Waals surface area contributed by atoms with E-state index in [0.29, 0.717) is 23.7 Å². The summed E-state index contributed by atoms with van der Waals surface area (Å²) in [4.78, 5) is 12.7. The minimum absolute atomic E-state index is 0.262. The molecule has 0 spiro atoms. The third-order valence-corrected chi connectivity index (χ3v) is 4.45. The molecule has 0 saturated carbocycles. The zero-order valence-corrected chi connectivity index (χ0v) is 15.3. The van der Waals surface area contributed by atoms with Gasteiger partial charge in [-0.2, -0.15) is 0 Å². The van der Waals surface area contributed by atoms with E-state index in [1.54, 1.807) is 6.92 Å². The Kier molecular flexibility index (Phi) is 5.00. The highest BCUT2D eigenvalue weighted by molar-refractivity contribution is 5.88. The molecule has 1 amide bonds. The summed E-state index contributed by atoms with van der Waals surface area (Å²) in [6, 6.07) is 16.7. The summed E-state index contributed by atoms with van der Waals surface area (Å²) in [5.74, 6) is 1.09. The first-order valence-electron chi connectivity index (χ1n) is 8.74. The first-order valence-corrected chi connectivity index (χ1v) is 8.74. The van der Waals surface area contributed by atoms with Gasteiger partial charge in [-0.1, -0.05) is 42.5 Å². The zero-order chi connectivity index (χ0) is 18.7. The molecule has 0 aliphatic heterocycles.